The Morgan fingerprint density at radius 2 is 2.06 bits per heavy atom. The maximum absolute atomic E-state index is 12.6. The molecule has 0 atom stereocenters. The minimum absolute atomic E-state index is 0.281. The number of hydrogen-bond donors (Lipinski definition) is 3. The van der Waals surface area contributed by atoms with Gasteiger partial charge in [-0.1, -0.05) is 0 Å². The van der Waals surface area contributed by atoms with Gasteiger partial charge in [0.2, 0.25) is 5.91 Å². The van der Waals surface area contributed by atoms with Crippen molar-refractivity contribution in [2.24, 2.45) is 5.92 Å². The van der Waals surface area contributed by atoms with E-state index in [0.717, 1.165) is 25.9 Å². The summed E-state index contributed by atoms with van der Waals surface area (Å²) in [5, 5.41) is 13.6. The summed E-state index contributed by atoms with van der Waals surface area (Å²) in [6, 6.07) is 0. The third-order valence-corrected chi connectivity index (χ3v) is 2.71. The van der Waals surface area contributed by atoms with Crippen LogP contribution >= 0.6 is 0 Å². The quantitative estimate of drug-likeness (QED) is 0.635. The maximum atomic E-state index is 12.6. The molecule has 94 valence electrons. The zero-order chi connectivity index (χ0) is 12.0. The molecule has 0 aromatic carbocycles. The fourth-order valence-electron chi connectivity index (χ4n) is 1.70. The van der Waals surface area contributed by atoms with Gasteiger partial charge in [-0.25, -0.2) is 8.78 Å². The number of piperidine rings is 1. The molecule has 0 bridgehead atoms. The van der Waals surface area contributed by atoms with Gasteiger partial charge in [-0.3, -0.25) is 4.79 Å². The van der Waals surface area contributed by atoms with E-state index in [1.54, 1.807) is 0 Å². The minimum Gasteiger partial charge on any atom is -0.390 e. The van der Waals surface area contributed by atoms with Crippen molar-refractivity contribution in [2.45, 2.75) is 25.2 Å². The van der Waals surface area contributed by atoms with Gasteiger partial charge in [0.15, 0.2) is 0 Å². The molecule has 0 aliphatic carbocycles. The van der Waals surface area contributed by atoms with E-state index < -0.39 is 19.1 Å². The lowest BCUT2D eigenvalue weighted by Crippen LogP contribution is -2.40. The zero-order valence-corrected chi connectivity index (χ0v) is 9.14. The lowest BCUT2D eigenvalue weighted by molar-refractivity contribution is -0.125. The van der Waals surface area contributed by atoms with E-state index in [9.17, 15) is 13.6 Å². The number of nitrogens with one attached hydrogen (secondary N) is 2. The lowest BCUT2D eigenvalue weighted by Gasteiger charge is -2.22. The van der Waals surface area contributed by atoms with E-state index >= 15 is 0 Å². The summed E-state index contributed by atoms with van der Waals surface area (Å²) in [7, 11) is 0. The number of carbonyl (C=O) groups excluding carboxylic acids is 1. The van der Waals surface area contributed by atoms with Crippen molar-refractivity contribution in [1.82, 2.24) is 10.6 Å². The molecule has 0 aromatic rings. The average Bonchev–Trinajstić information content (AvgIpc) is 2.28. The van der Waals surface area contributed by atoms with Crippen molar-refractivity contribution in [3.8, 4) is 0 Å². The Balaban J connectivity index is 2.19. The summed E-state index contributed by atoms with van der Waals surface area (Å²) in [5.74, 6) is -3.30. The van der Waals surface area contributed by atoms with Gasteiger partial charge in [0.25, 0.3) is 5.92 Å². The second-order valence-corrected chi connectivity index (χ2v) is 4.19. The van der Waals surface area contributed by atoms with Crippen LogP contribution < -0.4 is 10.6 Å². The number of aliphatic hydroxyl groups is 1. The fourth-order valence-corrected chi connectivity index (χ4v) is 1.70. The number of alkyl halides is 2. The first-order valence-electron chi connectivity index (χ1n) is 5.49. The van der Waals surface area contributed by atoms with E-state index in [1.165, 1.54) is 0 Å². The predicted molar refractivity (Wildman–Crippen MR) is 55.3 cm³/mol. The van der Waals surface area contributed by atoms with Crippen LogP contribution in [0.5, 0.6) is 0 Å². The molecule has 1 aliphatic rings. The first kappa shape index (κ1) is 13.3. The third kappa shape index (κ3) is 4.85. The van der Waals surface area contributed by atoms with E-state index in [0.29, 0.717) is 6.42 Å². The van der Waals surface area contributed by atoms with E-state index in [-0.39, 0.29) is 11.8 Å². The van der Waals surface area contributed by atoms with Gasteiger partial charge in [0, 0.05) is 6.42 Å². The molecule has 16 heavy (non-hydrogen) atoms. The standard InChI is InChI=1S/C10H18F2N2O2/c11-10(12,7-15)6-14-9(16)5-8-1-3-13-4-2-8/h8,13,15H,1-7H2,(H,14,16). The van der Waals surface area contributed by atoms with Crippen molar-refractivity contribution < 1.29 is 18.7 Å². The van der Waals surface area contributed by atoms with E-state index in [1.807, 2.05) is 0 Å². The highest BCUT2D eigenvalue weighted by atomic mass is 19.3. The van der Waals surface area contributed by atoms with Gasteiger partial charge in [-0.05, 0) is 31.8 Å². The Morgan fingerprint density at radius 3 is 2.62 bits per heavy atom. The highest BCUT2D eigenvalue weighted by Gasteiger charge is 2.28. The third-order valence-electron chi connectivity index (χ3n) is 2.71. The number of aliphatic hydroxyl groups excluding tert-OH is 1. The lowest BCUT2D eigenvalue weighted by atomic mass is 9.94. The van der Waals surface area contributed by atoms with Crippen LogP contribution in [0.1, 0.15) is 19.3 Å². The van der Waals surface area contributed by atoms with Crippen LogP contribution in [-0.2, 0) is 4.79 Å². The van der Waals surface area contributed by atoms with Gasteiger partial charge >= 0.3 is 0 Å². The number of amides is 1. The van der Waals surface area contributed by atoms with Gasteiger partial charge in [-0.15, -0.1) is 0 Å². The van der Waals surface area contributed by atoms with Crippen molar-refractivity contribution >= 4 is 5.91 Å². The molecule has 0 unspecified atom stereocenters. The largest absolute Gasteiger partial charge is 0.390 e. The Morgan fingerprint density at radius 1 is 1.44 bits per heavy atom. The maximum Gasteiger partial charge on any atom is 0.287 e. The molecule has 0 radical (unpaired) electrons. The van der Waals surface area contributed by atoms with Gasteiger partial charge in [-0.2, -0.15) is 0 Å². The van der Waals surface area contributed by atoms with Crippen LogP contribution in [0.3, 0.4) is 0 Å². The molecule has 4 nitrogen and oxygen atoms in total. The van der Waals surface area contributed by atoms with E-state index in [2.05, 4.69) is 10.6 Å². The molecule has 1 fully saturated rings. The van der Waals surface area contributed by atoms with Crippen LogP contribution in [0, 0.1) is 5.92 Å². The molecular formula is C10H18F2N2O2. The van der Waals surface area contributed by atoms with Crippen LogP contribution in [0.15, 0.2) is 0 Å². The molecule has 0 spiro atoms. The number of carbonyl (C=O) groups is 1. The second kappa shape index (κ2) is 6.10. The Labute approximate surface area is 93.4 Å². The summed E-state index contributed by atoms with van der Waals surface area (Å²) < 4.78 is 25.2. The predicted octanol–water partition coefficient (Wildman–Crippen LogP) is 0.120. The topological polar surface area (TPSA) is 61.4 Å². The number of rotatable bonds is 5. The minimum atomic E-state index is -3.22. The summed E-state index contributed by atoms with van der Waals surface area (Å²) >= 11 is 0. The van der Waals surface area contributed by atoms with Crippen molar-refractivity contribution in [3.63, 3.8) is 0 Å². The molecule has 1 amide bonds. The SMILES string of the molecule is O=C(CC1CCNCC1)NCC(F)(F)CO. The summed E-state index contributed by atoms with van der Waals surface area (Å²) in [4.78, 5) is 11.3. The van der Waals surface area contributed by atoms with Gasteiger partial charge in [0.1, 0.15) is 6.61 Å². The monoisotopic (exact) mass is 236 g/mol. The molecule has 1 saturated heterocycles. The highest BCUT2D eigenvalue weighted by Crippen LogP contribution is 2.16. The van der Waals surface area contributed by atoms with Crippen LogP contribution in [0.4, 0.5) is 8.78 Å². The highest BCUT2D eigenvalue weighted by molar-refractivity contribution is 5.76. The molecule has 3 N–H and O–H groups in total. The smallest absolute Gasteiger partial charge is 0.287 e. The molecule has 0 saturated carbocycles. The van der Waals surface area contributed by atoms with E-state index in [4.69, 9.17) is 5.11 Å². The second-order valence-electron chi connectivity index (χ2n) is 4.19. The number of hydrogen-bond acceptors (Lipinski definition) is 3. The Bertz CT molecular complexity index is 231. The molecule has 1 heterocycles. The molecular weight excluding hydrogens is 218 g/mol. The Kier molecular flexibility index (Phi) is 5.08. The summed E-state index contributed by atoms with van der Waals surface area (Å²) in [5.41, 5.74) is 0. The fraction of sp³-hybridized carbons (Fsp3) is 0.900. The molecule has 6 heteroatoms. The van der Waals surface area contributed by atoms with Crippen molar-refractivity contribution in [1.29, 1.82) is 0 Å². The molecule has 1 rings (SSSR count). The first-order chi connectivity index (χ1) is 7.53. The molecule has 0 aromatic heterocycles. The normalized spacial score (nSPS) is 18.4. The van der Waals surface area contributed by atoms with Crippen LogP contribution in [0.25, 0.3) is 0 Å². The Hall–Kier alpha value is -0.750. The molecule has 1 aliphatic heterocycles. The summed E-state index contributed by atoms with van der Waals surface area (Å²) in [6.07, 6.45) is 2.11. The number of halogens is 2. The van der Waals surface area contributed by atoms with Crippen molar-refractivity contribution in [3.05, 3.63) is 0 Å². The zero-order valence-electron chi connectivity index (χ0n) is 9.14. The average molecular weight is 236 g/mol. The van der Waals surface area contributed by atoms with Crippen LogP contribution in [0.2, 0.25) is 0 Å². The van der Waals surface area contributed by atoms with Crippen LogP contribution in [-0.4, -0.2) is 43.2 Å². The summed E-state index contributed by atoms with van der Waals surface area (Å²) in [6.45, 7) is -0.260. The van der Waals surface area contributed by atoms with Gasteiger partial charge in [0.05, 0.1) is 6.54 Å². The van der Waals surface area contributed by atoms with Crippen molar-refractivity contribution in [2.75, 3.05) is 26.2 Å². The van der Waals surface area contributed by atoms with Gasteiger partial charge < -0.3 is 15.7 Å². The first-order valence-corrected chi connectivity index (χ1v) is 5.49.